The van der Waals surface area contributed by atoms with Gasteiger partial charge < -0.3 is 79.4 Å². The molecule has 7 heterocycles. The molecule has 0 radical (unpaired) electrons. The molecular formula is C79H95FN17NaO17. The summed E-state index contributed by atoms with van der Waals surface area (Å²) in [5, 5.41) is 35.5. The minimum atomic E-state index is -1.05. The Labute approximate surface area is 689 Å². The third-order valence-electron chi connectivity index (χ3n) is 14.5. The number of aliphatic carboxylic acids is 1. The number of H-pyrrole nitrogens is 3. The number of aliphatic imine (C=N–C) groups is 1. The van der Waals surface area contributed by atoms with Gasteiger partial charge in [0, 0.05) is 67.0 Å². The second-order valence-electron chi connectivity index (χ2n) is 21.9. The Hall–Kier alpha value is -13.2. The Morgan fingerprint density at radius 2 is 1.18 bits per heavy atom. The van der Waals surface area contributed by atoms with Crippen LogP contribution in [0.15, 0.2) is 208 Å². The van der Waals surface area contributed by atoms with Crippen LogP contribution >= 0.6 is 0 Å². The van der Waals surface area contributed by atoms with Crippen LogP contribution in [0.3, 0.4) is 0 Å². The Morgan fingerprint density at radius 1 is 0.696 bits per heavy atom. The molecule has 13 rings (SSSR count). The zero-order chi connectivity index (χ0) is 83.1. The summed E-state index contributed by atoms with van der Waals surface area (Å²) in [5.41, 5.74) is 16.5. The number of halogens is 1. The van der Waals surface area contributed by atoms with Crippen molar-refractivity contribution in [2.45, 2.75) is 81.0 Å². The number of cyclic esters (lactones) is 1. The van der Waals surface area contributed by atoms with Crippen LogP contribution in [0.5, 0.6) is 11.5 Å². The van der Waals surface area contributed by atoms with Crippen molar-refractivity contribution in [2.24, 2.45) is 15.5 Å². The van der Waals surface area contributed by atoms with Crippen molar-refractivity contribution in [3.63, 3.8) is 0 Å². The number of nitrogens with one attached hydrogen (secondary N) is 6. The molecule has 3 aliphatic rings. The fourth-order valence-corrected chi connectivity index (χ4v) is 9.42. The number of aromatic carboxylic acids is 1. The van der Waals surface area contributed by atoms with E-state index in [0.717, 1.165) is 53.9 Å². The molecule has 6 aromatic carbocycles. The van der Waals surface area contributed by atoms with Crippen molar-refractivity contribution >= 4 is 47.6 Å². The summed E-state index contributed by atoms with van der Waals surface area (Å²) >= 11 is 0. The number of hydrogen-bond donors (Lipinski definition) is 8. The number of alkyl halides is 1. The number of likely N-dealkylation sites (tertiary alicyclic amines) is 1. The molecule has 2 fully saturated rings. The summed E-state index contributed by atoms with van der Waals surface area (Å²) in [6.45, 7) is 11.8. The van der Waals surface area contributed by atoms with Crippen LogP contribution < -0.4 is 55.4 Å². The van der Waals surface area contributed by atoms with Gasteiger partial charge in [0.05, 0.1) is 59.3 Å². The van der Waals surface area contributed by atoms with E-state index >= 15 is 0 Å². The van der Waals surface area contributed by atoms with Crippen LogP contribution in [0.2, 0.25) is 0 Å². The topological polar surface area (TPSA) is 480 Å². The minimum Gasteiger partial charge on any atom is -0.493 e. The van der Waals surface area contributed by atoms with E-state index in [0.29, 0.717) is 96.7 Å². The Morgan fingerprint density at radius 3 is 1.59 bits per heavy atom. The molecule has 0 unspecified atom stereocenters. The number of carbonyl (C=O) groups excluding carboxylic acids is 5. The van der Waals surface area contributed by atoms with Crippen LogP contribution in [0.1, 0.15) is 137 Å². The Balaban J connectivity index is 0.000000712. The molecule has 10 aromatic rings. The summed E-state index contributed by atoms with van der Waals surface area (Å²) in [7, 11) is 0.601. The second-order valence-corrected chi connectivity index (χ2v) is 21.9. The van der Waals surface area contributed by atoms with E-state index in [-0.39, 0.29) is 99.5 Å². The number of imidazole rings is 3. The molecule has 3 aliphatic heterocycles. The SMILES string of the molecule is C.C.C1CCOC1.CCOC(=O)C#N.CCOC(=O)c1cnc(-c2ccccc2)[nH]1.CCOc1ccc(-c2noc(C3CCN(C(=O)c4cnc(-c5ccccc5)[nH]4)CC3)n2)cc1OC.O=C(O)CNC(=O)c1ccccc1.O=C(O)c1cnc(-c2ccccc2)[nH]1.O=C1CN=C(c2ccccc2)O1.[2H]CC.[2H]CF.[N-]=NNNN=O.[Na+]. The number of carbonyl (C=O) groups is 7. The first-order valence-corrected chi connectivity index (χ1v) is 34.3. The Kier molecular flexibility index (Phi) is 49.0. The fraction of sp³-hybridized carbons (Fsp3) is 0.291. The zero-order valence-corrected chi connectivity index (χ0v) is 64.9. The fourth-order valence-electron chi connectivity index (χ4n) is 9.42. The molecule has 0 bridgehead atoms. The first kappa shape index (κ1) is 96.0. The van der Waals surface area contributed by atoms with E-state index in [4.69, 9.17) is 56.9 Å². The van der Waals surface area contributed by atoms with Crippen molar-refractivity contribution in [2.75, 3.05) is 73.5 Å². The molecule has 0 atom stereocenters. The van der Waals surface area contributed by atoms with Gasteiger partial charge in [-0.15, -0.1) is 4.91 Å². The van der Waals surface area contributed by atoms with E-state index in [1.165, 1.54) is 31.3 Å². The number of esters is 3. The molecule has 2 amide bonds. The smallest absolute Gasteiger partial charge is 0.493 e. The van der Waals surface area contributed by atoms with Gasteiger partial charge in [0.25, 0.3) is 11.8 Å². The van der Waals surface area contributed by atoms with Gasteiger partial charge >= 0.3 is 59.4 Å². The van der Waals surface area contributed by atoms with E-state index in [9.17, 15) is 38.0 Å². The molecule has 606 valence electrons. The maximum Gasteiger partial charge on any atom is 1.00 e. The average molecular weight is 1600 g/mol. The molecule has 8 N–H and O–H groups in total. The first-order valence-electron chi connectivity index (χ1n) is 35.7. The predicted octanol–water partition coefficient (Wildman–Crippen LogP) is 10.5. The molecule has 2 saturated heterocycles. The predicted molar refractivity (Wildman–Crippen MR) is 423 cm³/mol. The van der Waals surface area contributed by atoms with Crippen LogP contribution in [-0.2, 0) is 33.3 Å². The number of hydrogen-bond acceptors (Lipinski definition) is 24. The normalized spacial score (nSPS) is 11.7. The number of methoxy groups -OCH3 is 1. The maximum absolute atomic E-state index is 13.0. The third kappa shape index (κ3) is 36.2. The van der Waals surface area contributed by atoms with Crippen LogP contribution in [0, 0.1) is 16.2 Å². The number of nitrogens with zero attached hydrogens (tertiary/aromatic N) is 11. The van der Waals surface area contributed by atoms with Gasteiger partial charge in [-0.25, -0.2) is 44.7 Å². The van der Waals surface area contributed by atoms with Crippen LogP contribution in [-0.4, -0.2) is 176 Å². The number of piperidine rings is 1. The van der Waals surface area contributed by atoms with Crippen LogP contribution in [0.25, 0.3) is 51.1 Å². The molecule has 4 aromatic heterocycles. The second kappa shape index (κ2) is 58.7. The van der Waals surface area contributed by atoms with Crippen molar-refractivity contribution in [3.05, 3.63) is 233 Å². The third-order valence-corrected chi connectivity index (χ3v) is 14.5. The summed E-state index contributed by atoms with van der Waals surface area (Å²) in [6, 6.07) is 53.5. The van der Waals surface area contributed by atoms with Gasteiger partial charge in [0.2, 0.25) is 17.6 Å². The standard InChI is InChI=1S/C26H27N5O4.C12H12N2O2.C10H8N2O2.C9H9NO3.C9H7NO2.C4H5NO2.C4H8O.C2H6.CH3F.2CH4.H2N5O.Na/c1-3-34-21-10-9-19(15-22(21)33-2)24-29-25(35-30-24)18-11-13-31(14-12-18)26(32)20-16-27-23(28-20)17-7-5-4-6-8-17;1-2-16-12(15)10-8-13-11(14-10)9-6-4-3-5-7-9;13-10(14)8-6-11-9(12-8)7-4-2-1-3-5-7;11-8(12)6-10-9(13)7-4-2-1-3-5-7;11-8-6-10-9(12-8)7-4-2-1-3-5-7;1-2-7-4(6)3-5;1-2-4-5-3-1;2*1-2;;;1-2-3-4-5-6;/h4-10,15-16,18H,3,11-14H2,1-2H3,(H,27,28);3-8H,2H2,1H3,(H,13,14);1-6H,(H,11,12)(H,13,14);1-5H,6H2,(H,10,13)(H,11,12);1-5H,6H2;2H2,1H3;1-4H2;1-2H3;1H3;2*1H4;(H2-,1,2,3,4,5,6);/q;;;;;;;;;;;-1;+1/i;;;;;;;2*1D;;;;. The van der Waals surface area contributed by atoms with Crippen molar-refractivity contribution in [1.29, 1.82) is 5.26 Å². The number of carboxylic acid groups (broad SMARTS) is 2. The molecule has 0 aliphatic carbocycles. The zero-order valence-electron chi connectivity index (χ0n) is 64.9. The largest absolute Gasteiger partial charge is 1.00 e. The summed E-state index contributed by atoms with van der Waals surface area (Å²) < 4.78 is 57.2. The molecule has 36 heteroatoms. The van der Waals surface area contributed by atoms with E-state index in [1.807, 2.05) is 151 Å². The average Bonchev–Trinajstić information content (AvgIpc) is 1.66. The van der Waals surface area contributed by atoms with Gasteiger partial charge in [-0.1, -0.05) is 161 Å². The van der Waals surface area contributed by atoms with Gasteiger partial charge in [0.15, 0.2) is 17.6 Å². The number of nitriles is 1. The number of hydrazine groups is 1. The van der Waals surface area contributed by atoms with Gasteiger partial charge in [0.1, 0.15) is 47.6 Å². The molecular weight excluding hydrogens is 1500 g/mol. The number of aromatic amines is 3. The minimum absolute atomic E-state index is 0. The molecule has 115 heavy (non-hydrogen) atoms. The van der Waals surface area contributed by atoms with Crippen LogP contribution in [0.4, 0.5) is 4.39 Å². The van der Waals surface area contributed by atoms with Crippen molar-refractivity contribution in [1.82, 2.24) is 61.3 Å². The maximum atomic E-state index is 13.0. The quantitative estimate of drug-likeness (QED) is 0.00513. The van der Waals surface area contributed by atoms with E-state index < -0.39 is 25.1 Å². The van der Waals surface area contributed by atoms with E-state index in [1.54, 1.807) is 75.5 Å². The first-order chi connectivity index (χ1) is 55.3. The number of nitroso groups, excluding NO2 is 1. The number of benzene rings is 6. The Bertz CT molecular complexity index is 4560. The monoisotopic (exact) mass is 1600 g/mol. The number of amides is 2. The van der Waals surface area contributed by atoms with Gasteiger partial charge in [-0.2, -0.15) is 10.2 Å². The number of aromatic nitrogens is 8. The molecule has 0 saturated carbocycles. The summed E-state index contributed by atoms with van der Waals surface area (Å²) in [6.07, 6.45) is 8.45. The number of carboxylic acids is 2. The van der Waals surface area contributed by atoms with Crippen molar-refractivity contribution < 1.29 is 113 Å². The molecule has 0 spiro atoms. The van der Waals surface area contributed by atoms with Gasteiger partial charge in [-0.3, -0.25) is 24.0 Å². The summed E-state index contributed by atoms with van der Waals surface area (Å²) in [5.74, 6) is 0.904. The van der Waals surface area contributed by atoms with Crippen molar-refractivity contribution in [3.8, 4) is 63.1 Å². The molecule has 34 nitrogen and oxygen atoms in total. The number of ether oxygens (including phenoxy) is 6. The summed E-state index contributed by atoms with van der Waals surface area (Å²) in [4.78, 5) is 117. The number of rotatable bonds is 20. The van der Waals surface area contributed by atoms with Gasteiger partial charge in [-0.05, 0) is 88.9 Å². The van der Waals surface area contributed by atoms with E-state index in [2.05, 4.69) is 65.6 Å².